The maximum atomic E-state index is 11.6. The van der Waals surface area contributed by atoms with Gasteiger partial charge in [0.1, 0.15) is 0 Å². The first-order valence-electron chi connectivity index (χ1n) is 4.55. The fraction of sp³-hybridized carbons (Fsp3) is 0.500. The maximum absolute atomic E-state index is 11.6. The summed E-state index contributed by atoms with van der Waals surface area (Å²) in [6.45, 7) is 1.61. The Labute approximate surface area is 102 Å². The molecule has 0 spiro atoms. The third-order valence-corrected chi connectivity index (χ3v) is 5.41. The summed E-state index contributed by atoms with van der Waals surface area (Å²) in [4.78, 5) is 1.05. The van der Waals surface area contributed by atoms with Gasteiger partial charge in [-0.3, -0.25) is 0 Å². The first-order valence-corrected chi connectivity index (χ1v) is 7.67. The van der Waals surface area contributed by atoms with Crippen LogP contribution in [0.3, 0.4) is 0 Å². The third-order valence-electron chi connectivity index (χ3n) is 2.16. The van der Waals surface area contributed by atoms with Gasteiger partial charge in [0.2, 0.25) is 0 Å². The summed E-state index contributed by atoms with van der Waals surface area (Å²) in [5.74, 6) is 0. The Kier molecular flexibility index (Phi) is 3.46. The number of thiophene rings is 1. The van der Waals surface area contributed by atoms with Crippen LogP contribution < -0.4 is 4.72 Å². The second kappa shape index (κ2) is 4.50. The van der Waals surface area contributed by atoms with E-state index in [9.17, 15) is 8.42 Å². The molecule has 1 aliphatic heterocycles. The number of nitrogens with zero attached hydrogens (tertiary/aromatic N) is 1. The van der Waals surface area contributed by atoms with Crippen LogP contribution in [-0.4, -0.2) is 25.8 Å². The number of nitrogens with one attached hydrogen (secondary N) is 1. The van der Waals surface area contributed by atoms with Crippen molar-refractivity contribution in [1.82, 2.24) is 9.03 Å². The fourth-order valence-electron chi connectivity index (χ4n) is 1.44. The summed E-state index contributed by atoms with van der Waals surface area (Å²) in [6.07, 6.45) is 0.867. The number of hydrogen-bond acceptors (Lipinski definition) is 3. The molecule has 0 bridgehead atoms. The van der Waals surface area contributed by atoms with Gasteiger partial charge < -0.3 is 0 Å². The van der Waals surface area contributed by atoms with Crippen molar-refractivity contribution >= 4 is 37.5 Å². The Morgan fingerprint density at radius 3 is 3.00 bits per heavy atom. The standard InChI is InChI=1S/C8H11BrN2O2S2/c9-7-4-8(14-6-7)5-11-3-1-2-10-15(11,12)13/h4,6,10H,1-3,5H2. The molecule has 1 fully saturated rings. The van der Waals surface area contributed by atoms with Crippen molar-refractivity contribution in [1.29, 1.82) is 0 Å². The molecule has 0 unspecified atom stereocenters. The van der Waals surface area contributed by atoms with Crippen molar-refractivity contribution in [3.8, 4) is 0 Å². The van der Waals surface area contributed by atoms with Crippen molar-refractivity contribution in [2.45, 2.75) is 13.0 Å². The maximum Gasteiger partial charge on any atom is 0.279 e. The van der Waals surface area contributed by atoms with E-state index in [0.717, 1.165) is 15.8 Å². The third kappa shape index (κ3) is 2.79. The van der Waals surface area contributed by atoms with E-state index < -0.39 is 10.2 Å². The highest BCUT2D eigenvalue weighted by atomic mass is 79.9. The van der Waals surface area contributed by atoms with Crippen LogP contribution in [0.5, 0.6) is 0 Å². The number of rotatable bonds is 2. The highest BCUT2D eigenvalue weighted by Gasteiger charge is 2.25. The molecular formula is C8H11BrN2O2S2. The first-order chi connectivity index (χ1) is 7.08. The molecule has 1 aliphatic rings. The molecule has 7 heteroatoms. The van der Waals surface area contributed by atoms with E-state index >= 15 is 0 Å². The second-order valence-corrected chi connectivity index (χ2v) is 6.98. The summed E-state index contributed by atoms with van der Waals surface area (Å²) >= 11 is 4.92. The highest BCUT2D eigenvalue weighted by molar-refractivity contribution is 9.10. The lowest BCUT2D eigenvalue weighted by molar-refractivity contribution is 0.372. The summed E-state index contributed by atoms with van der Waals surface area (Å²) in [6, 6.07) is 1.95. The Morgan fingerprint density at radius 2 is 2.40 bits per heavy atom. The molecule has 2 heterocycles. The Hall–Kier alpha value is 0.0500. The van der Waals surface area contributed by atoms with Gasteiger partial charge in [-0.05, 0) is 28.4 Å². The van der Waals surface area contributed by atoms with E-state index in [-0.39, 0.29) is 0 Å². The van der Waals surface area contributed by atoms with Gasteiger partial charge in [-0.1, -0.05) is 0 Å². The minimum atomic E-state index is -3.24. The number of halogens is 1. The molecule has 1 aromatic rings. The van der Waals surface area contributed by atoms with Crippen LogP contribution in [0.15, 0.2) is 15.9 Å². The highest BCUT2D eigenvalue weighted by Crippen LogP contribution is 2.22. The Balaban J connectivity index is 2.11. The zero-order valence-electron chi connectivity index (χ0n) is 7.94. The Morgan fingerprint density at radius 1 is 1.60 bits per heavy atom. The minimum absolute atomic E-state index is 0.464. The molecule has 1 saturated heterocycles. The number of hydrogen-bond donors (Lipinski definition) is 1. The smallest absolute Gasteiger partial charge is 0.202 e. The SMILES string of the molecule is O=S1(=O)NCCCN1Cc1cc(Br)cs1. The predicted molar refractivity (Wildman–Crippen MR) is 64.0 cm³/mol. The lowest BCUT2D eigenvalue weighted by Crippen LogP contribution is -2.46. The lowest BCUT2D eigenvalue weighted by atomic mass is 10.4. The topological polar surface area (TPSA) is 49.4 Å². The quantitative estimate of drug-likeness (QED) is 0.901. The lowest BCUT2D eigenvalue weighted by Gasteiger charge is -2.26. The molecule has 4 nitrogen and oxygen atoms in total. The van der Waals surface area contributed by atoms with E-state index in [4.69, 9.17) is 0 Å². The first kappa shape index (κ1) is 11.5. The molecule has 0 aromatic carbocycles. The van der Waals surface area contributed by atoms with Gasteiger partial charge in [0, 0.05) is 34.4 Å². The van der Waals surface area contributed by atoms with Gasteiger partial charge in [0.15, 0.2) is 0 Å². The predicted octanol–water partition coefficient (Wildman–Crippen LogP) is 1.55. The van der Waals surface area contributed by atoms with E-state index in [0.29, 0.717) is 19.6 Å². The second-order valence-electron chi connectivity index (χ2n) is 3.32. The summed E-state index contributed by atoms with van der Waals surface area (Å²) in [5, 5.41) is 1.96. The van der Waals surface area contributed by atoms with Gasteiger partial charge in [0.05, 0.1) is 0 Å². The molecule has 1 N–H and O–H groups in total. The van der Waals surface area contributed by atoms with Gasteiger partial charge in [-0.2, -0.15) is 12.7 Å². The largest absolute Gasteiger partial charge is 0.279 e. The molecule has 0 atom stereocenters. The van der Waals surface area contributed by atoms with E-state index in [1.165, 1.54) is 4.31 Å². The van der Waals surface area contributed by atoms with E-state index in [2.05, 4.69) is 20.7 Å². The average Bonchev–Trinajstić information content (AvgIpc) is 2.55. The molecule has 0 aliphatic carbocycles. The van der Waals surface area contributed by atoms with Crippen LogP contribution in [-0.2, 0) is 16.8 Å². The summed E-state index contributed by atoms with van der Waals surface area (Å²) in [7, 11) is -3.24. The van der Waals surface area contributed by atoms with Crippen molar-refractivity contribution in [2.75, 3.05) is 13.1 Å². The van der Waals surface area contributed by atoms with Gasteiger partial charge in [-0.15, -0.1) is 11.3 Å². The van der Waals surface area contributed by atoms with Crippen molar-refractivity contribution in [3.05, 3.63) is 20.8 Å². The minimum Gasteiger partial charge on any atom is -0.202 e. The molecule has 15 heavy (non-hydrogen) atoms. The normalized spacial score (nSPS) is 21.7. The van der Waals surface area contributed by atoms with Crippen LogP contribution in [0.25, 0.3) is 0 Å². The zero-order chi connectivity index (χ0) is 10.9. The van der Waals surface area contributed by atoms with Gasteiger partial charge in [0.25, 0.3) is 10.2 Å². The molecule has 1 aromatic heterocycles. The monoisotopic (exact) mass is 310 g/mol. The van der Waals surface area contributed by atoms with Crippen LogP contribution in [0.1, 0.15) is 11.3 Å². The molecular weight excluding hydrogens is 300 g/mol. The van der Waals surface area contributed by atoms with Crippen molar-refractivity contribution in [3.63, 3.8) is 0 Å². The van der Waals surface area contributed by atoms with E-state index in [1.807, 2.05) is 11.4 Å². The van der Waals surface area contributed by atoms with Crippen LogP contribution in [0, 0.1) is 0 Å². The Bertz CT molecular complexity index is 443. The fourth-order valence-corrected chi connectivity index (χ4v) is 4.25. The molecule has 0 saturated carbocycles. The average molecular weight is 311 g/mol. The van der Waals surface area contributed by atoms with Crippen LogP contribution in [0.4, 0.5) is 0 Å². The zero-order valence-corrected chi connectivity index (χ0v) is 11.2. The van der Waals surface area contributed by atoms with Crippen LogP contribution in [0.2, 0.25) is 0 Å². The summed E-state index contributed by atoms with van der Waals surface area (Å²) < 4.78 is 28.2. The molecule has 0 radical (unpaired) electrons. The van der Waals surface area contributed by atoms with Gasteiger partial charge >= 0.3 is 0 Å². The van der Waals surface area contributed by atoms with E-state index in [1.54, 1.807) is 11.3 Å². The van der Waals surface area contributed by atoms with Crippen LogP contribution >= 0.6 is 27.3 Å². The summed E-state index contributed by atoms with van der Waals surface area (Å²) in [5.41, 5.74) is 0. The van der Waals surface area contributed by atoms with Crippen molar-refractivity contribution in [2.24, 2.45) is 0 Å². The molecule has 0 amide bonds. The van der Waals surface area contributed by atoms with Crippen molar-refractivity contribution < 1.29 is 8.42 Å². The van der Waals surface area contributed by atoms with Gasteiger partial charge in [-0.25, -0.2) is 4.72 Å². The molecule has 2 rings (SSSR count). The molecule has 84 valence electrons.